The van der Waals surface area contributed by atoms with Crippen molar-refractivity contribution < 1.29 is 31.5 Å². The van der Waals surface area contributed by atoms with Crippen molar-refractivity contribution in [3.05, 3.63) is 0 Å². The van der Waals surface area contributed by atoms with Crippen LogP contribution in [0.2, 0.25) is 0 Å². The minimum atomic E-state index is -4.67. The molecular weight excluding hydrogens is 301 g/mol. The Morgan fingerprint density at radius 3 is 2.50 bits per heavy atom. The average molecular weight is 318 g/mol. The zero-order valence-electron chi connectivity index (χ0n) is 10.8. The van der Waals surface area contributed by atoms with Crippen LogP contribution in [0.25, 0.3) is 0 Å². The highest BCUT2D eigenvalue weighted by Gasteiger charge is 2.45. The quantitative estimate of drug-likeness (QED) is 0.705. The predicted octanol–water partition coefficient (Wildman–Crippen LogP) is 1.01. The van der Waals surface area contributed by atoms with Crippen LogP contribution in [-0.2, 0) is 15.0 Å². The zero-order valence-corrected chi connectivity index (χ0v) is 11.6. The van der Waals surface area contributed by atoms with Gasteiger partial charge < -0.3 is 5.11 Å². The van der Waals surface area contributed by atoms with E-state index in [4.69, 9.17) is 0 Å². The number of aliphatic carboxylic acids is 1. The van der Waals surface area contributed by atoms with Crippen molar-refractivity contribution >= 4 is 16.2 Å². The molecule has 0 aromatic heterocycles. The maximum absolute atomic E-state index is 12.0. The van der Waals surface area contributed by atoms with E-state index in [1.807, 2.05) is 4.72 Å². The van der Waals surface area contributed by atoms with Crippen molar-refractivity contribution in [2.24, 2.45) is 5.41 Å². The van der Waals surface area contributed by atoms with E-state index in [0.717, 1.165) is 0 Å². The van der Waals surface area contributed by atoms with Crippen LogP contribution in [0.3, 0.4) is 0 Å². The second kappa shape index (κ2) is 5.86. The molecule has 1 fully saturated rings. The lowest BCUT2D eigenvalue weighted by molar-refractivity contribution is -0.151. The Hall–Kier alpha value is -0.870. The number of rotatable bonds is 5. The van der Waals surface area contributed by atoms with Crippen molar-refractivity contribution in [3.63, 3.8) is 0 Å². The van der Waals surface area contributed by atoms with Crippen LogP contribution in [0, 0.1) is 5.41 Å². The molecule has 118 valence electrons. The molecule has 1 rings (SSSR count). The fraction of sp³-hybridized carbons (Fsp3) is 0.900. The van der Waals surface area contributed by atoms with E-state index in [9.17, 15) is 31.5 Å². The van der Waals surface area contributed by atoms with Crippen LogP contribution < -0.4 is 9.44 Å². The lowest BCUT2D eigenvalue weighted by Crippen LogP contribution is -2.55. The maximum Gasteiger partial charge on any atom is 0.402 e. The minimum absolute atomic E-state index is 0.273. The molecule has 1 aliphatic carbocycles. The summed E-state index contributed by atoms with van der Waals surface area (Å²) in [6.07, 6.45) is -2.87. The van der Waals surface area contributed by atoms with Gasteiger partial charge in [0.1, 0.15) is 6.54 Å². The molecule has 1 saturated carbocycles. The van der Waals surface area contributed by atoms with Gasteiger partial charge in [-0.1, -0.05) is 12.8 Å². The van der Waals surface area contributed by atoms with Crippen LogP contribution in [0.4, 0.5) is 13.2 Å². The van der Waals surface area contributed by atoms with Gasteiger partial charge in [-0.15, -0.1) is 0 Å². The molecule has 2 unspecified atom stereocenters. The first-order chi connectivity index (χ1) is 8.96. The number of alkyl halides is 3. The second-order valence-corrected chi connectivity index (χ2v) is 6.61. The zero-order chi connectivity index (χ0) is 15.6. The maximum atomic E-state index is 12.0. The summed E-state index contributed by atoms with van der Waals surface area (Å²) in [5, 5.41) is 9.19. The molecule has 0 aromatic rings. The van der Waals surface area contributed by atoms with E-state index in [1.54, 1.807) is 0 Å². The Labute approximate surface area is 114 Å². The third-order valence-electron chi connectivity index (χ3n) is 3.46. The fourth-order valence-electron chi connectivity index (χ4n) is 2.18. The van der Waals surface area contributed by atoms with Gasteiger partial charge in [0.05, 0.1) is 5.41 Å². The fourth-order valence-corrected chi connectivity index (χ4v) is 3.37. The molecule has 0 aliphatic heterocycles. The lowest BCUT2D eigenvalue weighted by atomic mass is 9.72. The number of carboxylic acid groups (broad SMARTS) is 1. The summed E-state index contributed by atoms with van der Waals surface area (Å²) in [5.41, 5.74) is -1.31. The van der Waals surface area contributed by atoms with Gasteiger partial charge in [-0.3, -0.25) is 4.79 Å². The van der Waals surface area contributed by atoms with Gasteiger partial charge in [-0.05, 0) is 19.8 Å². The largest absolute Gasteiger partial charge is 0.481 e. The highest BCUT2D eigenvalue weighted by atomic mass is 32.2. The number of carboxylic acids is 1. The van der Waals surface area contributed by atoms with Gasteiger partial charge >= 0.3 is 12.1 Å². The van der Waals surface area contributed by atoms with Gasteiger partial charge in [0.2, 0.25) is 0 Å². The van der Waals surface area contributed by atoms with Crippen molar-refractivity contribution in [3.8, 4) is 0 Å². The Morgan fingerprint density at radius 1 is 1.40 bits per heavy atom. The first-order valence-corrected chi connectivity index (χ1v) is 7.52. The monoisotopic (exact) mass is 318 g/mol. The highest BCUT2D eigenvalue weighted by molar-refractivity contribution is 7.87. The van der Waals surface area contributed by atoms with Crippen LogP contribution in [0.5, 0.6) is 0 Å². The molecule has 2 atom stereocenters. The Kier molecular flexibility index (Phi) is 5.03. The summed E-state index contributed by atoms with van der Waals surface area (Å²) in [6, 6.07) is -0.931. The van der Waals surface area contributed by atoms with E-state index < -0.39 is 40.4 Å². The number of halogens is 3. The van der Waals surface area contributed by atoms with Crippen molar-refractivity contribution in [1.82, 2.24) is 9.44 Å². The molecule has 0 radical (unpaired) electrons. The van der Waals surface area contributed by atoms with E-state index in [2.05, 4.69) is 0 Å². The first kappa shape index (κ1) is 17.2. The van der Waals surface area contributed by atoms with Crippen molar-refractivity contribution in [2.75, 3.05) is 6.54 Å². The molecule has 20 heavy (non-hydrogen) atoms. The lowest BCUT2D eigenvalue weighted by Gasteiger charge is -2.38. The molecule has 0 spiro atoms. The third kappa shape index (κ3) is 4.60. The molecule has 10 heteroatoms. The topological polar surface area (TPSA) is 95.5 Å². The second-order valence-electron chi connectivity index (χ2n) is 5.08. The van der Waals surface area contributed by atoms with Gasteiger partial charge in [-0.2, -0.15) is 31.0 Å². The van der Waals surface area contributed by atoms with Crippen molar-refractivity contribution in [1.29, 1.82) is 0 Å². The highest BCUT2D eigenvalue weighted by Crippen LogP contribution is 2.36. The Balaban J connectivity index is 2.76. The molecule has 6 nitrogen and oxygen atoms in total. The molecule has 0 amide bonds. The smallest absolute Gasteiger partial charge is 0.402 e. The molecule has 0 aromatic carbocycles. The van der Waals surface area contributed by atoms with Gasteiger partial charge in [0, 0.05) is 6.04 Å². The SMILES string of the molecule is CC1(C(=O)O)CCCCC1NS(=O)(=O)NCC(F)(F)F. The van der Waals surface area contributed by atoms with Gasteiger partial charge in [-0.25, -0.2) is 0 Å². The number of nitrogens with one attached hydrogen (secondary N) is 2. The summed E-state index contributed by atoms with van der Waals surface area (Å²) in [6.45, 7) is -0.301. The van der Waals surface area contributed by atoms with Crippen molar-refractivity contribution in [2.45, 2.75) is 44.8 Å². The van der Waals surface area contributed by atoms with E-state index in [-0.39, 0.29) is 12.8 Å². The molecule has 0 heterocycles. The summed E-state index contributed by atoms with van der Waals surface area (Å²) < 4.78 is 62.5. The molecule has 0 saturated heterocycles. The van der Waals surface area contributed by atoms with E-state index in [0.29, 0.717) is 12.8 Å². The molecule has 1 aliphatic rings. The number of carbonyl (C=O) groups is 1. The van der Waals surface area contributed by atoms with Gasteiger partial charge in [0.25, 0.3) is 10.2 Å². The molecule has 3 N–H and O–H groups in total. The summed E-state index contributed by atoms with van der Waals surface area (Å²) in [4.78, 5) is 11.3. The normalized spacial score (nSPS) is 28.3. The van der Waals surface area contributed by atoms with E-state index >= 15 is 0 Å². The summed E-state index contributed by atoms with van der Waals surface area (Å²) in [7, 11) is -4.40. The summed E-state index contributed by atoms with van der Waals surface area (Å²) in [5.74, 6) is -1.17. The van der Waals surface area contributed by atoms with Crippen LogP contribution >= 0.6 is 0 Å². The van der Waals surface area contributed by atoms with Crippen LogP contribution in [0.1, 0.15) is 32.6 Å². The number of hydrogen-bond acceptors (Lipinski definition) is 3. The number of hydrogen-bond donors (Lipinski definition) is 3. The molecular formula is C10H17F3N2O4S. The third-order valence-corrected chi connectivity index (χ3v) is 4.58. The minimum Gasteiger partial charge on any atom is -0.481 e. The van der Waals surface area contributed by atoms with Gasteiger partial charge in [0.15, 0.2) is 0 Å². The average Bonchev–Trinajstić information content (AvgIpc) is 2.29. The molecule has 0 bridgehead atoms. The predicted molar refractivity (Wildman–Crippen MR) is 64.1 cm³/mol. The van der Waals surface area contributed by atoms with E-state index in [1.165, 1.54) is 11.6 Å². The van der Waals surface area contributed by atoms with Crippen LogP contribution in [0.15, 0.2) is 0 Å². The standard InChI is InChI=1S/C10H17F3N2O4S/c1-9(8(16)17)5-3-2-4-7(9)15-20(18,19)14-6-10(11,12)13/h7,14-15H,2-6H2,1H3,(H,16,17). The Bertz CT molecular complexity index is 466. The first-order valence-electron chi connectivity index (χ1n) is 6.03. The van der Waals surface area contributed by atoms with Crippen LogP contribution in [-0.4, -0.2) is 38.3 Å². The Morgan fingerprint density at radius 2 is 2.00 bits per heavy atom. The summed E-state index contributed by atoms with van der Waals surface area (Å²) >= 11 is 0.